The highest BCUT2D eigenvalue weighted by Crippen LogP contribution is 2.45. The zero-order valence-corrected chi connectivity index (χ0v) is 37.7. The Balaban J connectivity index is 1.57. The van der Waals surface area contributed by atoms with Crippen LogP contribution in [-0.4, -0.2) is 134 Å². The van der Waals surface area contributed by atoms with Crippen LogP contribution < -0.4 is 42.6 Å². The summed E-state index contributed by atoms with van der Waals surface area (Å²) in [4.78, 5) is 77.3. The van der Waals surface area contributed by atoms with Crippen molar-refractivity contribution in [3.05, 3.63) is 76.2 Å². The number of carbonyl (C=O) groups excluding carboxylic acids is 4. The molecule has 0 saturated carbocycles. The molecule has 0 fully saturated rings. The number of rotatable bonds is 14. The molecular formula is C45H56FN9O12. The Labute approximate surface area is 384 Å². The summed E-state index contributed by atoms with van der Waals surface area (Å²) in [6, 6.07) is 5.31. The van der Waals surface area contributed by atoms with Crippen LogP contribution in [0.1, 0.15) is 66.5 Å². The zero-order chi connectivity index (χ0) is 49.7. The van der Waals surface area contributed by atoms with Crippen molar-refractivity contribution in [2.75, 3.05) is 45.6 Å². The van der Waals surface area contributed by atoms with E-state index in [0.717, 1.165) is 4.90 Å². The lowest BCUT2D eigenvalue weighted by Gasteiger charge is -2.30. The number of nitrogen functional groups attached to an aromatic ring is 1. The number of halogens is 1. The number of aromatic hydroxyl groups is 2. The summed E-state index contributed by atoms with van der Waals surface area (Å²) in [6.45, 7) is 6.10. The van der Waals surface area contributed by atoms with Gasteiger partial charge in [0.05, 0.1) is 17.8 Å². The second kappa shape index (κ2) is 21.0. The second-order valence-electron chi connectivity index (χ2n) is 17.0. The molecule has 1 aliphatic rings. The van der Waals surface area contributed by atoms with E-state index in [2.05, 4.69) is 25.9 Å². The van der Waals surface area contributed by atoms with Gasteiger partial charge in [-0.25, -0.2) is 19.2 Å². The second-order valence-corrected chi connectivity index (χ2v) is 17.0. The van der Waals surface area contributed by atoms with Crippen molar-refractivity contribution in [3.8, 4) is 45.5 Å². The number of ether oxygens (including phenoxy) is 2. The van der Waals surface area contributed by atoms with E-state index in [1.807, 2.05) is 0 Å². The summed E-state index contributed by atoms with van der Waals surface area (Å²) in [5.74, 6) is -7.98. The van der Waals surface area contributed by atoms with Crippen LogP contribution in [0.2, 0.25) is 0 Å². The largest absolute Gasteiger partial charge is 0.504 e. The summed E-state index contributed by atoms with van der Waals surface area (Å²) < 4.78 is 26.9. The molecule has 2 heterocycles. The van der Waals surface area contributed by atoms with Gasteiger partial charge in [-0.3, -0.25) is 19.2 Å². The first kappa shape index (κ1) is 50.9. The van der Waals surface area contributed by atoms with Crippen LogP contribution in [0, 0.1) is 12.7 Å². The third kappa shape index (κ3) is 11.6. The van der Waals surface area contributed by atoms with Gasteiger partial charge in [-0.05, 0) is 66.3 Å². The molecule has 5 atom stereocenters. The summed E-state index contributed by atoms with van der Waals surface area (Å²) in [5.41, 5.74) is 17.0. The monoisotopic (exact) mass is 933 g/mol. The van der Waals surface area contributed by atoms with Crippen LogP contribution in [0.5, 0.6) is 23.0 Å². The number of aliphatic carboxylic acids is 1. The fourth-order valence-electron chi connectivity index (χ4n) is 7.13. The maximum Gasteiger partial charge on any atom is 0.326 e. The highest BCUT2D eigenvalue weighted by atomic mass is 19.1. The van der Waals surface area contributed by atoms with Gasteiger partial charge in [-0.2, -0.15) is 0 Å². The van der Waals surface area contributed by atoms with Crippen LogP contribution in [0.25, 0.3) is 22.5 Å². The van der Waals surface area contributed by atoms with E-state index in [-0.39, 0.29) is 88.3 Å². The Morgan fingerprint density at radius 1 is 0.910 bits per heavy atom. The van der Waals surface area contributed by atoms with Gasteiger partial charge in [-0.1, -0.05) is 32.9 Å². The third-order valence-corrected chi connectivity index (χ3v) is 10.9. The number of benzene rings is 3. The normalized spacial score (nSPS) is 17.3. The summed E-state index contributed by atoms with van der Waals surface area (Å²) in [5, 5.41) is 60.5. The van der Waals surface area contributed by atoms with E-state index in [1.54, 1.807) is 20.8 Å². The Morgan fingerprint density at radius 3 is 2.15 bits per heavy atom. The van der Waals surface area contributed by atoms with E-state index in [9.17, 15) is 49.5 Å². The average Bonchev–Trinajstić information content (AvgIpc) is 3.26. The maximum atomic E-state index is 15.2. The summed E-state index contributed by atoms with van der Waals surface area (Å²) in [6.07, 6.45) is -2.60. The molecule has 14 N–H and O–H groups in total. The number of aliphatic hydroxyl groups is 2. The van der Waals surface area contributed by atoms with Crippen molar-refractivity contribution in [1.29, 1.82) is 0 Å². The van der Waals surface area contributed by atoms with Gasteiger partial charge >= 0.3 is 5.97 Å². The first-order chi connectivity index (χ1) is 31.5. The van der Waals surface area contributed by atoms with E-state index in [0.29, 0.717) is 5.56 Å². The van der Waals surface area contributed by atoms with Crippen LogP contribution in [0.15, 0.2) is 42.5 Å². The number of carboxylic acids is 1. The fourth-order valence-corrected chi connectivity index (χ4v) is 7.13. The number of phenols is 2. The van der Waals surface area contributed by atoms with Gasteiger partial charge in [0.25, 0.3) is 5.91 Å². The number of phenolic OH excluding ortho intramolecular Hbond substituents is 2. The number of anilines is 1. The molecule has 1 aromatic heterocycles. The maximum absolute atomic E-state index is 15.2. The zero-order valence-electron chi connectivity index (χ0n) is 37.7. The molecule has 22 heteroatoms. The van der Waals surface area contributed by atoms with Crippen molar-refractivity contribution in [1.82, 2.24) is 30.8 Å². The molecular weight excluding hydrogens is 878 g/mol. The lowest BCUT2D eigenvalue weighted by molar-refractivity contribution is -0.142. The standard InChI is InChI=1S/C45H56FN9O12/c1-20-34(39(49)54-40(51-20)26-8-9-29(45(3,4)5)35(46)38(26)60)42(62)50-17-33(58)55(6)36-23-13-28(37(59)32(14-23)67-19-25(57)16-48)27-11-22(7-10-31(27)66-18-24(56)15-47)12-30(44(64)65)53-41(61)21(2)52-43(36)63/h7-11,13-14,21,24-25,30,36,56-57,59-60H,12,15-19,47-48H2,1-6H3,(H,50,62)(H,52,63)(H,53,61)(H,64,65)(H2,49,51,54)/t21-,24+,25+,30-,36-/m0/s1. The lowest BCUT2D eigenvalue weighted by Crippen LogP contribution is -2.53. The van der Waals surface area contributed by atoms with Gasteiger partial charge in [0.15, 0.2) is 28.9 Å². The topological polar surface area (TPSA) is 348 Å². The Bertz CT molecular complexity index is 2530. The number of nitrogens with zero attached hydrogens (tertiary/aromatic N) is 3. The minimum Gasteiger partial charge on any atom is -0.504 e. The van der Waals surface area contributed by atoms with E-state index >= 15 is 4.39 Å². The number of aryl methyl sites for hydroxylation is 1. The number of hydrogen-bond donors (Lipinski definition) is 11. The number of aromatic nitrogens is 2. The number of amides is 4. The third-order valence-electron chi connectivity index (χ3n) is 10.9. The number of nitrogens with two attached hydrogens (primary N) is 3. The smallest absolute Gasteiger partial charge is 0.326 e. The number of likely N-dealkylation sites (N-methyl/N-ethyl adjacent to an activating group) is 1. The van der Waals surface area contributed by atoms with Crippen molar-refractivity contribution < 1.29 is 63.4 Å². The van der Waals surface area contributed by atoms with Crippen LogP contribution >= 0.6 is 0 Å². The molecule has 0 saturated heterocycles. The summed E-state index contributed by atoms with van der Waals surface area (Å²) in [7, 11) is 1.22. The molecule has 67 heavy (non-hydrogen) atoms. The molecule has 21 nitrogen and oxygen atoms in total. The molecule has 1 aliphatic heterocycles. The van der Waals surface area contributed by atoms with Gasteiger partial charge in [0.2, 0.25) is 17.7 Å². The van der Waals surface area contributed by atoms with Crippen molar-refractivity contribution >= 4 is 35.4 Å². The molecule has 360 valence electrons. The lowest BCUT2D eigenvalue weighted by atomic mass is 9.85. The first-order valence-corrected chi connectivity index (χ1v) is 21.0. The molecule has 0 spiro atoms. The SMILES string of the molecule is Cc1nc(-c2ccc(C(C)(C)C)c(F)c2O)nc(N)c1C(=O)NCC(=O)N(C)[C@@H]1C(=O)N[C@@H](C)C(=O)N[C@H](C(=O)O)Cc2ccc(OC[C@H](O)CN)c(c2)-c2cc1cc(OC[C@H](O)CN)c2O. The molecule has 0 unspecified atom stereocenters. The molecule has 4 aromatic rings. The van der Waals surface area contributed by atoms with E-state index < -0.39 is 95.8 Å². The van der Waals surface area contributed by atoms with Gasteiger partial charge in [0, 0.05) is 37.7 Å². The van der Waals surface area contributed by atoms with Crippen LogP contribution in [-0.2, 0) is 31.0 Å². The highest BCUT2D eigenvalue weighted by molar-refractivity contribution is 6.02. The predicted molar refractivity (Wildman–Crippen MR) is 240 cm³/mol. The predicted octanol–water partition coefficient (Wildman–Crippen LogP) is 0.506. The molecule has 4 amide bonds. The minimum absolute atomic E-state index is 0.0113. The van der Waals surface area contributed by atoms with Crippen molar-refractivity contribution in [2.24, 2.45) is 11.5 Å². The van der Waals surface area contributed by atoms with E-state index in [1.165, 1.54) is 63.4 Å². The number of hydrogen-bond acceptors (Lipinski definition) is 16. The minimum atomic E-state index is -1.68. The first-order valence-electron chi connectivity index (χ1n) is 21.0. The van der Waals surface area contributed by atoms with Gasteiger partial charge < -0.3 is 73.1 Å². The van der Waals surface area contributed by atoms with E-state index in [4.69, 9.17) is 26.7 Å². The van der Waals surface area contributed by atoms with Gasteiger partial charge in [0.1, 0.15) is 60.7 Å². The number of carboxylic acid groups (broad SMARTS) is 1. The number of nitrogens with one attached hydrogen (secondary N) is 3. The van der Waals surface area contributed by atoms with Gasteiger partial charge in [-0.15, -0.1) is 0 Å². The van der Waals surface area contributed by atoms with Crippen molar-refractivity contribution in [3.63, 3.8) is 0 Å². The summed E-state index contributed by atoms with van der Waals surface area (Å²) >= 11 is 0. The quantitative estimate of drug-likeness (QED) is 0.0820. The van der Waals surface area contributed by atoms with Crippen molar-refractivity contribution in [2.45, 2.75) is 76.8 Å². The fraction of sp³-hybridized carbons (Fsp3) is 0.400. The van der Waals surface area contributed by atoms with Crippen LogP contribution in [0.3, 0.4) is 0 Å². The highest BCUT2D eigenvalue weighted by Gasteiger charge is 2.35. The molecule has 3 aromatic carbocycles. The molecule has 4 bridgehead atoms. The molecule has 0 aliphatic carbocycles. The number of fused-ring (bicyclic) bond motifs is 5. The number of carbonyl (C=O) groups is 5. The number of aliphatic hydroxyl groups excluding tert-OH is 2. The Kier molecular flexibility index (Phi) is 15.9. The molecule has 0 radical (unpaired) electrons. The Morgan fingerprint density at radius 2 is 1.55 bits per heavy atom. The van der Waals surface area contributed by atoms with Crippen LogP contribution in [0.4, 0.5) is 10.2 Å². The Hall–Kier alpha value is -7.14. The molecule has 5 rings (SSSR count). The average molecular weight is 934 g/mol.